The molecule has 1 aliphatic rings. The second kappa shape index (κ2) is 11.3. The SMILES string of the molecule is O=C(NCCc1cnn(-c2ccccc2)c1)NCC(C(=O)N1CCOCC1)c1ccccc1. The summed E-state index contributed by atoms with van der Waals surface area (Å²) in [5.74, 6) is -0.419. The molecule has 0 aliphatic carbocycles. The van der Waals surface area contributed by atoms with E-state index in [2.05, 4.69) is 15.7 Å². The Morgan fingerprint density at radius 1 is 0.970 bits per heavy atom. The van der Waals surface area contributed by atoms with Gasteiger partial charge < -0.3 is 20.3 Å². The minimum Gasteiger partial charge on any atom is -0.378 e. The quantitative estimate of drug-likeness (QED) is 0.555. The largest absolute Gasteiger partial charge is 0.378 e. The number of hydrogen-bond acceptors (Lipinski definition) is 4. The third kappa shape index (κ3) is 6.20. The molecule has 33 heavy (non-hydrogen) atoms. The molecule has 4 rings (SSSR count). The maximum absolute atomic E-state index is 13.1. The van der Waals surface area contributed by atoms with E-state index >= 15 is 0 Å². The molecule has 1 saturated heterocycles. The zero-order chi connectivity index (χ0) is 22.9. The Morgan fingerprint density at radius 3 is 2.39 bits per heavy atom. The van der Waals surface area contributed by atoms with Crippen LogP contribution in [0.1, 0.15) is 17.0 Å². The van der Waals surface area contributed by atoms with Crippen LogP contribution >= 0.6 is 0 Å². The van der Waals surface area contributed by atoms with Crippen molar-refractivity contribution in [3.8, 4) is 5.69 Å². The fraction of sp³-hybridized carbons (Fsp3) is 0.320. The lowest BCUT2D eigenvalue weighted by Gasteiger charge is -2.30. The first-order valence-corrected chi connectivity index (χ1v) is 11.2. The number of carbonyl (C=O) groups is 2. The Kier molecular flexibility index (Phi) is 7.71. The van der Waals surface area contributed by atoms with Crippen LogP contribution in [0.2, 0.25) is 0 Å². The van der Waals surface area contributed by atoms with E-state index in [1.807, 2.05) is 76.4 Å². The van der Waals surface area contributed by atoms with Crippen LogP contribution in [0.4, 0.5) is 4.79 Å². The molecule has 3 amide bonds. The first-order chi connectivity index (χ1) is 16.2. The molecule has 1 fully saturated rings. The number of morpholine rings is 1. The third-order valence-corrected chi connectivity index (χ3v) is 5.65. The van der Waals surface area contributed by atoms with Crippen molar-refractivity contribution in [3.63, 3.8) is 0 Å². The van der Waals surface area contributed by atoms with Crippen molar-refractivity contribution in [1.29, 1.82) is 0 Å². The van der Waals surface area contributed by atoms with Crippen molar-refractivity contribution in [1.82, 2.24) is 25.3 Å². The molecule has 172 valence electrons. The van der Waals surface area contributed by atoms with E-state index in [4.69, 9.17) is 4.74 Å². The first-order valence-electron chi connectivity index (χ1n) is 11.2. The molecule has 0 spiro atoms. The lowest BCUT2D eigenvalue weighted by Crippen LogP contribution is -2.46. The fourth-order valence-corrected chi connectivity index (χ4v) is 3.83. The molecule has 2 N–H and O–H groups in total. The van der Waals surface area contributed by atoms with E-state index in [9.17, 15) is 9.59 Å². The number of para-hydroxylation sites is 1. The predicted molar refractivity (Wildman–Crippen MR) is 125 cm³/mol. The van der Waals surface area contributed by atoms with E-state index in [1.54, 1.807) is 6.20 Å². The predicted octanol–water partition coefficient (Wildman–Crippen LogP) is 2.36. The maximum Gasteiger partial charge on any atom is 0.314 e. The van der Waals surface area contributed by atoms with Gasteiger partial charge >= 0.3 is 6.03 Å². The number of amides is 3. The Morgan fingerprint density at radius 2 is 1.67 bits per heavy atom. The van der Waals surface area contributed by atoms with Gasteiger partial charge in [-0.1, -0.05) is 48.5 Å². The molecule has 1 unspecified atom stereocenters. The van der Waals surface area contributed by atoms with Crippen molar-refractivity contribution >= 4 is 11.9 Å². The van der Waals surface area contributed by atoms with Crippen molar-refractivity contribution in [2.24, 2.45) is 0 Å². The summed E-state index contributed by atoms with van der Waals surface area (Å²) in [4.78, 5) is 27.3. The lowest BCUT2D eigenvalue weighted by molar-refractivity contribution is -0.136. The van der Waals surface area contributed by atoms with Crippen LogP contribution in [0.5, 0.6) is 0 Å². The first kappa shape index (κ1) is 22.5. The highest BCUT2D eigenvalue weighted by atomic mass is 16.5. The summed E-state index contributed by atoms with van der Waals surface area (Å²) in [6.45, 7) is 2.94. The second-order valence-corrected chi connectivity index (χ2v) is 7.92. The van der Waals surface area contributed by atoms with Crippen molar-refractivity contribution < 1.29 is 14.3 Å². The molecular formula is C25H29N5O3. The molecule has 1 aliphatic heterocycles. The van der Waals surface area contributed by atoms with Gasteiger partial charge in [-0.05, 0) is 29.7 Å². The number of aromatic nitrogens is 2. The molecule has 8 heteroatoms. The summed E-state index contributed by atoms with van der Waals surface area (Å²) in [5, 5.41) is 10.1. The smallest absolute Gasteiger partial charge is 0.314 e. The van der Waals surface area contributed by atoms with Gasteiger partial charge in [0.2, 0.25) is 5.91 Å². The molecule has 8 nitrogen and oxygen atoms in total. The normalized spacial score (nSPS) is 14.5. The Balaban J connectivity index is 1.28. The summed E-state index contributed by atoms with van der Waals surface area (Å²) in [5.41, 5.74) is 2.91. The number of rotatable bonds is 8. The van der Waals surface area contributed by atoms with Gasteiger partial charge in [-0.3, -0.25) is 4.79 Å². The fourth-order valence-electron chi connectivity index (χ4n) is 3.83. The molecular weight excluding hydrogens is 418 g/mol. The van der Waals surface area contributed by atoms with Gasteiger partial charge in [-0.15, -0.1) is 0 Å². The molecule has 3 aromatic rings. The van der Waals surface area contributed by atoms with Crippen LogP contribution in [-0.2, 0) is 16.0 Å². The van der Waals surface area contributed by atoms with Crippen molar-refractivity contribution in [2.45, 2.75) is 12.3 Å². The van der Waals surface area contributed by atoms with Gasteiger partial charge in [0.15, 0.2) is 0 Å². The lowest BCUT2D eigenvalue weighted by atomic mass is 9.97. The highest BCUT2D eigenvalue weighted by Crippen LogP contribution is 2.19. The van der Waals surface area contributed by atoms with Crippen LogP contribution in [-0.4, -0.2) is 66.0 Å². The molecule has 2 heterocycles. The number of nitrogens with one attached hydrogen (secondary N) is 2. The van der Waals surface area contributed by atoms with Crippen molar-refractivity contribution in [2.75, 3.05) is 39.4 Å². The van der Waals surface area contributed by atoms with Gasteiger partial charge in [-0.25, -0.2) is 9.48 Å². The summed E-state index contributed by atoms with van der Waals surface area (Å²) in [7, 11) is 0. The van der Waals surface area contributed by atoms with Gasteiger partial charge in [0.1, 0.15) is 0 Å². The number of benzene rings is 2. The molecule has 0 saturated carbocycles. The topological polar surface area (TPSA) is 88.5 Å². The summed E-state index contributed by atoms with van der Waals surface area (Å²) in [6, 6.07) is 19.2. The molecule has 0 bridgehead atoms. The Bertz CT molecular complexity index is 1030. The van der Waals surface area contributed by atoms with E-state index < -0.39 is 5.92 Å². The number of hydrogen-bond donors (Lipinski definition) is 2. The van der Waals surface area contributed by atoms with Gasteiger partial charge in [-0.2, -0.15) is 5.10 Å². The summed E-state index contributed by atoms with van der Waals surface area (Å²) in [6.07, 6.45) is 4.43. The number of nitrogens with zero attached hydrogens (tertiary/aromatic N) is 3. The molecule has 2 aromatic carbocycles. The minimum atomic E-state index is -0.431. The second-order valence-electron chi connectivity index (χ2n) is 7.92. The minimum absolute atomic E-state index is 0.0122. The molecule has 1 aromatic heterocycles. The zero-order valence-electron chi connectivity index (χ0n) is 18.5. The summed E-state index contributed by atoms with van der Waals surface area (Å²) >= 11 is 0. The van der Waals surface area contributed by atoms with E-state index in [1.165, 1.54) is 0 Å². The monoisotopic (exact) mass is 447 g/mol. The Labute approximate surface area is 193 Å². The molecule has 0 radical (unpaired) electrons. The van der Waals surface area contributed by atoms with Crippen LogP contribution in [0, 0.1) is 0 Å². The van der Waals surface area contributed by atoms with Crippen LogP contribution in [0.3, 0.4) is 0 Å². The summed E-state index contributed by atoms with van der Waals surface area (Å²) < 4.78 is 7.18. The van der Waals surface area contributed by atoms with Gasteiger partial charge in [0.05, 0.1) is 31.0 Å². The Hall–Kier alpha value is -3.65. The number of urea groups is 1. The van der Waals surface area contributed by atoms with Crippen LogP contribution in [0.25, 0.3) is 5.69 Å². The number of carbonyl (C=O) groups excluding carboxylic acids is 2. The van der Waals surface area contributed by atoms with Crippen LogP contribution in [0.15, 0.2) is 73.1 Å². The average Bonchev–Trinajstić information content (AvgIpc) is 3.35. The number of ether oxygens (including phenoxy) is 1. The zero-order valence-corrected chi connectivity index (χ0v) is 18.5. The van der Waals surface area contributed by atoms with Crippen molar-refractivity contribution in [3.05, 3.63) is 84.2 Å². The van der Waals surface area contributed by atoms with Gasteiger partial charge in [0, 0.05) is 32.4 Å². The third-order valence-electron chi connectivity index (χ3n) is 5.65. The van der Waals surface area contributed by atoms with E-state index in [-0.39, 0.29) is 18.5 Å². The van der Waals surface area contributed by atoms with E-state index in [0.717, 1.165) is 16.8 Å². The van der Waals surface area contributed by atoms with Crippen LogP contribution < -0.4 is 10.6 Å². The molecule has 1 atom stereocenters. The standard InChI is InChI=1S/C25H29N5O3/c31-24(29-13-15-33-16-14-29)23(21-7-3-1-4-8-21)18-27-25(32)26-12-11-20-17-28-30(19-20)22-9-5-2-6-10-22/h1-10,17,19,23H,11-16,18H2,(H2,26,27,32). The average molecular weight is 448 g/mol. The van der Waals surface area contributed by atoms with E-state index in [0.29, 0.717) is 39.3 Å². The highest BCUT2D eigenvalue weighted by Gasteiger charge is 2.27. The van der Waals surface area contributed by atoms with Gasteiger partial charge in [0.25, 0.3) is 0 Å². The maximum atomic E-state index is 13.1. The highest BCUT2D eigenvalue weighted by molar-refractivity contribution is 5.85.